The smallest absolute Gasteiger partial charge is 0.508 e. The number of hydrogen-bond acceptors (Lipinski definition) is 4. The Bertz CT molecular complexity index is 736. The van der Waals surface area contributed by atoms with Crippen LogP contribution in [-0.2, 0) is 0 Å². The Morgan fingerprint density at radius 1 is 0.962 bits per heavy atom. The lowest BCUT2D eigenvalue weighted by Crippen LogP contribution is -2.17. The molecule has 0 aliphatic rings. The summed E-state index contributed by atoms with van der Waals surface area (Å²) in [5, 5.41) is 9.83. The Morgan fingerprint density at radius 3 is 2.04 bits per heavy atom. The lowest BCUT2D eigenvalue weighted by molar-refractivity contribution is -0.274. The topological polar surface area (TPSA) is 55.5 Å². The SMILES string of the molecule is Cl.N[C@H](c1ccc(OC(F)(F)F)cc1)c1cc(SC(F)(F)F)ccc1O. The number of thioether (sulfide) groups is 1. The van der Waals surface area contributed by atoms with Crippen molar-refractivity contribution in [3.63, 3.8) is 0 Å². The van der Waals surface area contributed by atoms with E-state index in [2.05, 4.69) is 4.74 Å². The van der Waals surface area contributed by atoms with Gasteiger partial charge in [0.15, 0.2) is 0 Å². The van der Waals surface area contributed by atoms with E-state index in [4.69, 9.17) is 5.73 Å². The van der Waals surface area contributed by atoms with Gasteiger partial charge in [0, 0.05) is 10.5 Å². The van der Waals surface area contributed by atoms with Crippen LogP contribution < -0.4 is 10.5 Å². The fraction of sp³-hybridized carbons (Fsp3) is 0.200. The van der Waals surface area contributed by atoms with Crippen LogP contribution in [0.2, 0.25) is 0 Å². The monoisotopic (exact) mass is 419 g/mol. The predicted octanol–water partition coefficient (Wildman–Crippen LogP) is 5.37. The largest absolute Gasteiger partial charge is 0.573 e. The van der Waals surface area contributed by atoms with Crippen LogP contribution in [-0.4, -0.2) is 17.0 Å². The number of benzene rings is 2. The van der Waals surface area contributed by atoms with Gasteiger partial charge in [-0.25, -0.2) is 0 Å². The summed E-state index contributed by atoms with van der Waals surface area (Å²) >= 11 is -0.367. The van der Waals surface area contributed by atoms with Crippen molar-refractivity contribution in [2.45, 2.75) is 22.8 Å². The maximum atomic E-state index is 12.4. The Hall–Kier alpha value is -1.78. The molecule has 2 aromatic carbocycles. The molecule has 0 amide bonds. The van der Waals surface area contributed by atoms with Gasteiger partial charge in [-0.05, 0) is 47.7 Å². The Balaban J connectivity index is 0.00000338. The van der Waals surface area contributed by atoms with Gasteiger partial charge in [-0.3, -0.25) is 0 Å². The van der Waals surface area contributed by atoms with Gasteiger partial charge >= 0.3 is 11.9 Å². The summed E-state index contributed by atoms with van der Waals surface area (Å²) in [6, 6.07) is 6.71. The van der Waals surface area contributed by atoms with E-state index in [1.165, 1.54) is 12.1 Å². The van der Waals surface area contributed by atoms with Crippen LogP contribution in [0.5, 0.6) is 11.5 Å². The van der Waals surface area contributed by atoms with Gasteiger partial charge in [0.25, 0.3) is 0 Å². The van der Waals surface area contributed by atoms with E-state index in [-0.39, 0.29) is 40.4 Å². The standard InChI is InChI=1S/C15H11F6NO2S.ClH/c16-14(17,18)24-9-3-1-8(2-4-9)13(22)11-7-10(5-6-12(11)23)25-15(19,20)21;/h1-7,13,23H,22H2;1H/t13-;/m1./s1. The van der Waals surface area contributed by atoms with Crippen LogP contribution in [0, 0.1) is 0 Å². The minimum absolute atomic E-state index is 0. The summed E-state index contributed by atoms with van der Waals surface area (Å²) in [6.07, 6.45) is -4.84. The molecule has 11 heteroatoms. The predicted molar refractivity (Wildman–Crippen MR) is 86.4 cm³/mol. The second-order valence-corrected chi connectivity index (χ2v) is 6.00. The highest BCUT2D eigenvalue weighted by Crippen LogP contribution is 2.40. The Kier molecular flexibility index (Phi) is 7.09. The molecule has 0 aliphatic carbocycles. The van der Waals surface area contributed by atoms with E-state index in [9.17, 15) is 31.4 Å². The molecule has 0 fully saturated rings. The van der Waals surface area contributed by atoms with Crippen molar-refractivity contribution < 1.29 is 36.2 Å². The third kappa shape index (κ3) is 6.50. The minimum atomic E-state index is -4.84. The molecule has 0 saturated heterocycles. The second-order valence-electron chi connectivity index (χ2n) is 4.86. The highest BCUT2D eigenvalue weighted by molar-refractivity contribution is 8.00. The van der Waals surface area contributed by atoms with E-state index in [1.54, 1.807) is 0 Å². The quantitative estimate of drug-likeness (QED) is 0.516. The Labute approximate surface area is 154 Å². The number of hydrogen-bond donors (Lipinski definition) is 2. The first-order chi connectivity index (χ1) is 11.4. The van der Waals surface area contributed by atoms with E-state index >= 15 is 0 Å². The number of phenols is 1. The van der Waals surface area contributed by atoms with Crippen molar-refractivity contribution in [3.8, 4) is 11.5 Å². The zero-order valence-corrected chi connectivity index (χ0v) is 14.3. The highest BCUT2D eigenvalue weighted by Gasteiger charge is 2.31. The van der Waals surface area contributed by atoms with Crippen molar-refractivity contribution >= 4 is 24.2 Å². The molecule has 3 N–H and O–H groups in total. The molecule has 0 unspecified atom stereocenters. The van der Waals surface area contributed by atoms with Crippen LogP contribution >= 0.6 is 24.2 Å². The lowest BCUT2D eigenvalue weighted by Gasteiger charge is -2.16. The summed E-state index contributed by atoms with van der Waals surface area (Å²) in [6.45, 7) is 0. The molecule has 2 rings (SSSR count). The van der Waals surface area contributed by atoms with E-state index in [0.29, 0.717) is 5.56 Å². The van der Waals surface area contributed by atoms with Crippen molar-refractivity contribution in [1.82, 2.24) is 0 Å². The molecule has 0 saturated carbocycles. The zero-order chi connectivity index (χ0) is 18.8. The average molecular weight is 420 g/mol. The molecule has 2 aromatic rings. The number of aromatic hydroxyl groups is 1. The third-order valence-electron chi connectivity index (χ3n) is 3.04. The molecule has 3 nitrogen and oxygen atoms in total. The molecule has 0 radical (unpaired) electrons. The molecule has 144 valence electrons. The van der Waals surface area contributed by atoms with Crippen LogP contribution in [0.25, 0.3) is 0 Å². The van der Waals surface area contributed by atoms with Crippen molar-refractivity contribution in [1.29, 1.82) is 0 Å². The van der Waals surface area contributed by atoms with E-state index in [1.807, 2.05) is 0 Å². The highest BCUT2D eigenvalue weighted by atomic mass is 35.5. The van der Waals surface area contributed by atoms with Crippen LogP contribution in [0.3, 0.4) is 0 Å². The van der Waals surface area contributed by atoms with Gasteiger partial charge < -0.3 is 15.6 Å². The summed E-state index contributed by atoms with van der Waals surface area (Å²) in [7, 11) is 0. The number of ether oxygens (including phenoxy) is 1. The minimum Gasteiger partial charge on any atom is -0.508 e. The van der Waals surface area contributed by atoms with Crippen molar-refractivity contribution in [3.05, 3.63) is 53.6 Å². The lowest BCUT2D eigenvalue weighted by atomic mass is 9.99. The molecular weight excluding hydrogens is 408 g/mol. The fourth-order valence-electron chi connectivity index (χ4n) is 2.04. The van der Waals surface area contributed by atoms with Gasteiger partial charge in [0.2, 0.25) is 0 Å². The van der Waals surface area contributed by atoms with Crippen LogP contribution in [0.1, 0.15) is 17.2 Å². The zero-order valence-electron chi connectivity index (χ0n) is 12.6. The van der Waals surface area contributed by atoms with Crippen LogP contribution in [0.15, 0.2) is 47.4 Å². The first-order valence-electron chi connectivity index (χ1n) is 6.64. The third-order valence-corrected chi connectivity index (χ3v) is 3.76. The van der Waals surface area contributed by atoms with E-state index < -0.39 is 23.7 Å². The van der Waals surface area contributed by atoms with Crippen LogP contribution in [0.4, 0.5) is 26.3 Å². The average Bonchev–Trinajstić information content (AvgIpc) is 2.46. The molecule has 0 spiro atoms. The number of phenolic OH excluding ortho intramolecular Hbond substituents is 1. The normalized spacial score (nSPS) is 13.0. The molecule has 0 aromatic heterocycles. The first kappa shape index (κ1) is 22.3. The second kappa shape index (κ2) is 8.28. The molecule has 0 aliphatic heterocycles. The number of alkyl halides is 6. The van der Waals surface area contributed by atoms with Gasteiger partial charge in [0.1, 0.15) is 11.5 Å². The summed E-state index contributed by atoms with van der Waals surface area (Å²) < 4.78 is 77.4. The summed E-state index contributed by atoms with van der Waals surface area (Å²) in [5.41, 5.74) is 1.71. The molecule has 1 atom stereocenters. The molecule has 0 bridgehead atoms. The molecular formula is C15H12ClF6NO2S. The fourth-order valence-corrected chi connectivity index (χ4v) is 2.62. The Morgan fingerprint density at radius 2 is 1.54 bits per heavy atom. The number of rotatable bonds is 4. The van der Waals surface area contributed by atoms with Crippen molar-refractivity contribution in [2.24, 2.45) is 5.73 Å². The van der Waals surface area contributed by atoms with Gasteiger partial charge in [-0.15, -0.1) is 25.6 Å². The van der Waals surface area contributed by atoms with Crippen molar-refractivity contribution in [2.75, 3.05) is 0 Å². The molecule has 26 heavy (non-hydrogen) atoms. The van der Waals surface area contributed by atoms with E-state index in [0.717, 1.165) is 30.3 Å². The maximum Gasteiger partial charge on any atom is 0.573 e. The van der Waals surface area contributed by atoms with Gasteiger partial charge in [0.05, 0.1) is 6.04 Å². The van der Waals surface area contributed by atoms with Gasteiger partial charge in [-0.2, -0.15) is 13.2 Å². The summed E-state index contributed by atoms with van der Waals surface area (Å²) in [5.74, 6) is -0.788. The summed E-state index contributed by atoms with van der Waals surface area (Å²) in [4.78, 5) is -0.173. The van der Waals surface area contributed by atoms with Gasteiger partial charge in [-0.1, -0.05) is 12.1 Å². The first-order valence-corrected chi connectivity index (χ1v) is 7.46. The number of nitrogens with two attached hydrogens (primary N) is 1. The molecule has 0 heterocycles. The maximum absolute atomic E-state index is 12.4. The number of halogens is 7.